The van der Waals surface area contributed by atoms with Gasteiger partial charge in [0, 0.05) is 15.7 Å². The first kappa shape index (κ1) is 14.7. The van der Waals surface area contributed by atoms with Gasteiger partial charge in [-0.25, -0.2) is 5.43 Å². The van der Waals surface area contributed by atoms with Crippen molar-refractivity contribution in [1.82, 2.24) is 15.6 Å². The number of hydrogen-bond acceptors (Lipinski definition) is 3. The number of halogens is 1. The quantitative estimate of drug-likeness (QED) is 0.651. The van der Waals surface area contributed by atoms with Crippen molar-refractivity contribution < 1.29 is 4.79 Å². The second-order valence-electron chi connectivity index (χ2n) is 5.02. The van der Waals surface area contributed by atoms with Crippen LogP contribution in [0.1, 0.15) is 33.7 Å². The minimum Gasteiger partial charge on any atom is -0.281 e. The average molecular weight is 359 g/mol. The fourth-order valence-electron chi connectivity index (χ4n) is 2.46. The number of fused-ring (bicyclic) bond motifs is 1. The summed E-state index contributed by atoms with van der Waals surface area (Å²) < 4.78 is 0.770. The lowest BCUT2D eigenvalue weighted by Crippen LogP contribution is -2.19. The summed E-state index contributed by atoms with van der Waals surface area (Å²) in [5.41, 5.74) is 6.10. The number of amides is 1. The lowest BCUT2D eigenvalue weighted by atomic mass is 10.2. The molecule has 112 valence electrons. The summed E-state index contributed by atoms with van der Waals surface area (Å²) in [5, 5.41) is 10.9. The highest BCUT2D eigenvalue weighted by Gasteiger charge is 2.22. The molecule has 2 aromatic rings. The van der Waals surface area contributed by atoms with Gasteiger partial charge in [-0.3, -0.25) is 9.89 Å². The van der Waals surface area contributed by atoms with Crippen LogP contribution in [0.4, 0.5) is 0 Å². The smallest absolute Gasteiger partial charge is 0.281 e. The summed E-state index contributed by atoms with van der Waals surface area (Å²) in [6.45, 7) is 0. The second-order valence-corrected chi connectivity index (χ2v) is 5.94. The standard InChI is InChI=1S/C16H15BrN4O/c17-12(9-11-5-2-1-3-6-11)10-18-21-16(22)15-13-7-4-8-14(13)19-20-15/h1-3,5-6,9-10H,4,7-8H2,(H,19,20)(H,21,22). The van der Waals surface area contributed by atoms with E-state index in [-0.39, 0.29) is 5.91 Å². The lowest BCUT2D eigenvalue weighted by molar-refractivity contribution is 0.0949. The van der Waals surface area contributed by atoms with Gasteiger partial charge in [-0.15, -0.1) is 0 Å². The molecule has 22 heavy (non-hydrogen) atoms. The van der Waals surface area contributed by atoms with Gasteiger partial charge >= 0.3 is 0 Å². The molecule has 5 nitrogen and oxygen atoms in total. The van der Waals surface area contributed by atoms with Crippen molar-refractivity contribution in [3.8, 4) is 0 Å². The van der Waals surface area contributed by atoms with Gasteiger partial charge in [0.05, 0.1) is 6.21 Å². The molecule has 1 aliphatic rings. The van der Waals surface area contributed by atoms with Crippen molar-refractivity contribution in [3.63, 3.8) is 0 Å². The number of aromatic nitrogens is 2. The van der Waals surface area contributed by atoms with Gasteiger partial charge < -0.3 is 0 Å². The monoisotopic (exact) mass is 358 g/mol. The van der Waals surface area contributed by atoms with Crippen molar-refractivity contribution in [2.45, 2.75) is 19.3 Å². The number of benzene rings is 1. The first-order valence-electron chi connectivity index (χ1n) is 7.06. The van der Waals surface area contributed by atoms with E-state index in [0.717, 1.165) is 40.6 Å². The van der Waals surface area contributed by atoms with Gasteiger partial charge in [-0.2, -0.15) is 10.2 Å². The van der Waals surface area contributed by atoms with Crippen LogP contribution in [0, 0.1) is 0 Å². The van der Waals surface area contributed by atoms with Crippen LogP contribution in [0.25, 0.3) is 6.08 Å². The highest BCUT2D eigenvalue weighted by Crippen LogP contribution is 2.22. The number of aryl methyl sites for hydroxylation is 1. The number of H-pyrrole nitrogens is 1. The molecule has 0 saturated heterocycles. The molecular formula is C16H15BrN4O. The minimum absolute atomic E-state index is 0.282. The van der Waals surface area contributed by atoms with E-state index in [0.29, 0.717) is 5.69 Å². The van der Waals surface area contributed by atoms with Crippen molar-refractivity contribution in [3.05, 3.63) is 57.3 Å². The van der Waals surface area contributed by atoms with Crippen LogP contribution in [0.5, 0.6) is 0 Å². The Labute approximate surface area is 136 Å². The molecule has 1 aromatic carbocycles. The van der Waals surface area contributed by atoms with Crippen molar-refractivity contribution >= 4 is 34.1 Å². The molecule has 0 aliphatic heterocycles. The molecule has 6 heteroatoms. The summed E-state index contributed by atoms with van der Waals surface area (Å²) >= 11 is 3.40. The maximum Gasteiger partial charge on any atom is 0.292 e. The van der Waals surface area contributed by atoms with E-state index in [4.69, 9.17) is 0 Å². The number of aromatic amines is 1. The van der Waals surface area contributed by atoms with Gasteiger partial charge in [-0.05, 0) is 46.8 Å². The molecule has 0 bridgehead atoms. The normalized spacial score (nSPS) is 14.3. The summed E-state index contributed by atoms with van der Waals surface area (Å²) in [7, 11) is 0. The Hall–Kier alpha value is -2.21. The van der Waals surface area contributed by atoms with Crippen LogP contribution in [-0.4, -0.2) is 22.3 Å². The Morgan fingerprint density at radius 1 is 1.32 bits per heavy atom. The zero-order chi connectivity index (χ0) is 15.4. The van der Waals surface area contributed by atoms with Crippen LogP contribution < -0.4 is 5.43 Å². The fraction of sp³-hybridized carbons (Fsp3) is 0.188. The molecular weight excluding hydrogens is 344 g/mol. The Morgan fingerprint density at radius 2 is 2.14 bits per heavy atom. The highest BCUT2D eigenvalue weighted by atomic mass is 79.9. The number of hydrazone groups is 1. The predicted octanol–water partition coefficient (Wildman–Crippen LogP) is 3.05. The van der Waals surface area contributed by atoms with Crippen LogP contribution >= 0.6 is 15.9 Å². The summed E-state index contributed by atoms with van der Waals surface area (Å²) in [6, 6.07) is 9.86. The topological polar surface area (TPSA) is 70.1 Å². The zero-order valence-corrected chi connectivity index (χ0v) is 13.4. The number of hydrogen-bond donors (Lipinski definition) is 2. The van der Waals surface area contributed by atoms with Crippen LogP contribution in [0.15, 0.2) is 39.9 Å². The summed E-state index contributed by atoms with van der Waals surface area (Å²) in [4.78, 5) is 12.1. The maximum absolute atomic E-state index is 12.1. The number of allylic oxidation sites excluding steroid dienone is 1. The lowest BCUT2D eigenvalue weighted by Gasteiger charge is -1.98. The van der Waals surface area contributed by atoms with E-state index in [1.165, 1.54) is 0 Å². The Kier molecular flexibility index (Phi) is 4.48. The van der Waals surface area contributed by atoms with Crippen molar-refractivity contribution in [2.75, 3.05) is 0 Å². The molecule has 0 fully saturated rings. The maximum atomic E-state index is 12.1. The second kappa shape index (κ2) is 6.70. The third kappa shape index (κ3) is 3.33. The fourth-order valence-corrected chi connectivity index (χ4v) is 2.83. The molecule has 1 heterocycles. The molecule has 3 rings (SSSR count). The minimum atomic E-state index is -0.282. The van der Waals surface area contributed by atoms with Crippen molar-refractivity contribution in [1.29, 1.82) is 0 Å². The molecule has 0 atom stereocenters. The molecule has 1 aliphatic carbocycles. The molecule has 2 N–H and O–H groups in total. The van der Waals surface area contributed by atoms with Crippen LogP contribution in [0.2, 0.25) is 0 Å². The van der Waals surface area contributed by atoms with Gasteiger partial charge in [0.1, 0.15) is 0 Å². The van der Waals surface area contributed by atoms with E-state index >= 15 is 0 Å². The van der Waals surface area contributed by atoms with E-state index < -0.39 is 0 Å². The van der Waals surface area contributed by atoms with Gasteiger partial charge in [0.2, 0.25) is 0 Å². The van der Waals surface area contributed by atoms with E-state index in [9.17, 15) is 4.79 Å². The van der Waals surface area contributed by atoms with Gasteiger partial charge in [-0.1, -0.05) is 30.3 Å². The zero-order valence-electron chi connectivity index (χ0n) is 11.8. The first-order chi connectivity index (χ1) is 10.7. The molecule has 1 amide bonds. The third-order valence-electron chi connectivity index (χ3n) is 3.48. The van der Waals surface area contributed by atoms with Crippen LogP contribution in [0.3, 0.4) is 0 Å². The predicted molar refractivity (Wildman–Crippen MR) is 89.9 cm³/mol. The Bertz CT molecular complexity index is 734. The summed E-state index contributed by atoms with van der Waals surface area (Å²) in [6.07, 6.45) is 6.40. The Balaban J connectivity index is 1.62. The first-order valence-corrected chi connectivity index (χ1v) is 7.85. The largest absolute Gasteiger partial charge is 0.292 e. The number of nitrogens with one attached hydrogen (secondary N) is 2. The number of rotatable bonds is 4. The average Bonchev–Trinajstić information content (AvgIpc) is 3.10. The van der Waals surface area contributed by atoms with Gasteiger partial charge in [0.15, 0.2) is 5.69 Å². The Morgan fingerprint density at radius 3 is 2.95 bits per heavy atom. The van der Waals surface area contributed by atoms with Crippen LogP contribution in [-0.2, 0) is 12.8 Å². The number of carbonyl (C=O) groups excluding carboxylic acids is 1. The molecule has 1 aromatic heterocycles. The third-order valence-corrected chi connectivity index (χ3v) is 3.91. The van der Waals surface area contributed by atoms with E-state index in [2.05, 4.69) is 36.7 Å². The van der Waals surface area contributed by atoms with E-state index in [1.807, 2.05) is 36.4 Å². The highest BCUT2D eigenvalue weighted by molar-refractivity contribution is 9.12. The van der Waals surface area contributed by atoms with Gasteiger partial charge in [0.25, 0.3) is 5.91 Å². The molecule has 0 saturated carbocycles. The number of nitrogens with zero attached hydrogens (tertiary/aromatic N) is 2. The van der Waals surface area contributed by atoms with Crippen molar-refractivity contribution in [2.24, 2.45) is 5.10 Å². The molecule has 0 unspecified atom stereocenters. The summed E-state index contributed by atoms with van der Waals surface area (Å²) in [5.74, 6) is -0.282. The van der Waals surface area contributed by atoms with E-state index in [1.54, 1.807) is 6.21 Å². The SMILES string of the molecule is O=C(NN=CC(Br)=Cc1ccccc1)c1n[nH]c2c1CCC2. The molecule has 0 spiro atoms. The number of carbonyl (C=O) groups is 1. The molecule has 0 radical (unpaired) electrons.